The van der Waals surface area contributed by atoms with E-state index in [4.69, 9.17) is 0 Å². The first kappa shape index (κ1) is 11.6. The monoisotopic (exact) mass is 238 g/mol. The van der Waals surface area contributed by atoms with E-state index in [9.17, 15) is 4.79 Å². The SMILES string of the molecule is CCC(C)c1nc(N2CCCC2)sc1C=O. The Morgan fingerprint density at radius 2 is 2.19 bits per heavy atom. The van der Waals surface area contributed by atoms with E-state index in [-0.39, 0.29) is 0 Å². The van der Waals surface area contributed by atoms with E-state index in [0.29, 0.717) is 5.92 Å². The Labute approximate surface area is 100 Å². The van der Waals surface area contributed by atoms with Crippen LogP contribution in [0.3, 0.4) is 0 Å². The van der Waals surface area contributed by atoms with Crippen molar-refractivity contribution in [1.82, 2.24) is 4.98 Å². The van der Waals surface area contributed by atoms with Gasteiger partial charge in [0.05, 0.1) is 10.6 Å². The summed E-state index contributed by atoms with van der Waals surface area (Å²) in [6.07, 6.45) is 4.48. The Kier molecular flexibility index (Phi) is 3.59. The molecule has 3 nitrogen and oxygen atoms in total. The van der Waals surface area contributed by atoms with Gasteiger partial charge in [0.15, 0.2) is 11.4 Å². The summed E-state index contributed by atoms with van der Waals surface area (Å²) in [6, 6.07) is 0. The molecule has 1 atom stereocenters. The standard InChI is InChI=1S/C12H18N2OS/c1-3-9(2)11-10(8-15)16-12(13-11)14-6-4-5-7-14/h8-9H,3-7H2,1-2H3. The predicted octanol–water partition coefficient (Wildman–Crippen LogP) is 3.07. The highest BCUT2D eigenvalue weighted by atomic mass is 32.1. The lowest BCUT2D eigenvalue weighted by Gasteiger charge is -2.12. The fourth-order valence-corrected chi connectivity index (χ4v) is 3.06. The van der Waals surface area contributed by atoms with E-state index in [1.54, 1.807) is 11.3 Å². The number of thiazole rings is 1. The number of nitrogens with zero attached hydrogens (tertiary/aromatic N) is 2. The lowest BCUT2D eigenvalue weighted by molar-refractivity contribution is 0.112. The molecule has 1 fully saturated rings. The van der Waals surface area contributed by atoms with Crippen molar-refractivity contribution in [2.45, 2.75) is 39.0 Å². The highest BCUT2D eigenvalue weighted by molar-refractivity contribution is 7.17. The molecule has 2 heterocycles. The Bertz CT molecular complexity index is 369. The molecule has 16 heavy (non-hydrogen) atoms. The number of anilines is 1. The maximum absolute atomic E-state index is 11.0. The minimum Gasteiger partial charge on any atom is -0.348 e. The van der Waals surface area contributed by atoms with Gasteiger partial charge in [-0.15, -0.1) is 0 Å². The summed E-state index contributed by atoms with van der Waals surface area (Å²) in [5, 5.41) is 1.04. The van der Waals surface area contributed by atoms with E-state index in [1.165, 1.54) is 12.8 Å². The first-order valence-electron chi connectivity index (χ1n) is 5.97. The molecule has 0 N–H and O–H groups in total. The van der Waals surface area contributed by atoms with Crippen LogP contribution in [0.4, 0.5) is 5.13 Å². The first-order valence-corrected chi connectivity index (χ1v) is 6.78. The van der Waals surface area contributed by atoms with Crippen molar-refractivity contribution in [2.75, 3.05) is 18.0 Å². The zero-order chi connectivity index (χ0) is 11.5. The van der Waals surface area contributed by atoms with Crippen LogP contribution in [0.25, 0.3) is 0 Å². The van der Waals surface area contributed by atoms with Crippen molar-refractivity contribution in [1.29, 1.82) is 0 Å². The molecule has 0 spiro atoms. The molecule has 1 unspecified atom stereocenters. The predicted molar refractivity (Wildman–Crippen MR) is 67.7 cm³/mol. The second-order valence-electron chi connectivity index (χ2n) is 4.37. The van der Waals surface area contributed by atoms with Gasteiger partial charge in [-0.2, -0.15) is 0 Å². The fourth-order valence-electron chi connectivity index (χ4n) is 2.01. The van der Waals surface area contributed by atoms with Crippen molar-refractivity contribution < 1.29 is 4.79 Å². The molecule has 0 aliphatic carbocycles. The van der Waals surface area contributed by atoms with Crippen LogP contribution in [0.1, 0.15) is 54.4 Å². The lowest BCUT2D eigenvalue weighted by Crippen LogP contribution is -2.17. The molecule has 1 aliphatic heterocycles. The molecule has 4 heteroatoms. The third kappa shape index (κ3) is 2.12. The average Bonchev–Trinajstić information content (AvgIpc) is 2.95. The molecule has 0 aromatic carbocycles. The van der Waals surface area contributed by atoms with Crippen LogP contribution in [0, 0.1) is 0 Å². The topological polar surface area (TPSA) is 33.2 Å². The summed E-state index contributed by atoms with van der Waals surface area (Å²) in [6.45, 7) is 6.45. The average molecular weight is 238 g/mol. The van der Waals surface area contributed by atoms with Crippen molar-refractivity contribution in [3.05, 3.63) is 10.6 Å². The summed E-state index contributed by atoms with van der Waals surface area (Å²) < 4.78 is 0. The van der Waals surface area contributed by atoms with Gasteiger partial charge in [0.1, 0.15) is 0 Å². The molecule has 1 aromatic heterocycles. The van der Waals surface area contributed by atoms with Crippen LogP contribution in [0.15, 0.2) is 0 Å². The number of carbonyl (C=O) groups is 1. The molecule has 0 radical (unpaired) electrons. The number of aldehydes is 1. The zero-order valence-electron chi connectivity index (χ0n) is 9.90. The fraction of sp³-hybridized carbons (Fsp3) is 0.667. The smallest absolute Gasteiger partial charge is 0.186 e. The number of carbonyl (C=O) groups excluding carboxylic acids is 1. The van der Waals surface area contributed by atoms with Crippen LogP contribution in [-0.4, -0.2) is 24.4 Å². The van der Waals surface area contributed by atoms with Crippen molar-refractivity contribution in [3.63, 3.8) is 0 Å². The number of hydrogen-bond acceptors (Lipinski definition) is 4. The molecule has 2 rings (SSSR count). The maximum Gasteiger partial charge on any atom is 0.186 e. The van der Waals surface area contributed by atoms with Crippen LogP contribution in [0.2, 0.25) is 0 Å². The highest BCUT2D eigenvalue weighted by Gasteiger charge is 2.20. The Balaban J connectivity index is 2.27. The van der Waals surface area contributed by atoms with E-state index in [1.807, 2.05) is 0 Å². The molecule has 88 valence electrons. The van der Waals surface area contributed by atoms with Gasteiger partial charge < -0.3 is 4.90 Å². The van der Waals surface area contributed by atoms with E-state index >= 15 is 0 Å². The summed E-state index contributed by atoms with van der Waals surface area (Å²) in [4.78, 5) is 18.8. The van der Waals surface area contributed by atoms with Gasteiger partial charge in [-0.05, 0) is 25.2 Å². The second kappa shape index (κ2) is 4.95. The molecule has 0 saturated carbocycles. The quantitative estimate of drug-likeness (QED) is 0.756. The molecular formula is C12H18N2OS. The van der Waals surface area contributed by atoms with Crippen molar-refractivity contribution >= 4 is 22.8 Å². The summed E-state index contributed by atoms with van der Waals surface area (Å²) in [5.74, 6) is 0.382. The van der Waals surface area contributed by atoms with E-state index in [0.717, 1.165) is 41.5 Å². The minimum absolute atomic E-state index is 0.382. The largest absolute Gasteiger partial charge is 0.348 e. The first-order chi connectivity index (χ1) is 7.76. The van der Waals surface area contributed by atoms with Gasteiger partial charge in [0.2, 0.25) is 0 Å². The molecule has 1 aliphatic rings. The van der Waals surface area contributed by atoms with Gasteiger partial charge >= 0.3 is 0 Å². The lowest BCUT2D eigenvalue weighted by atomic mass is 10.0. The van der Waals surface area contributed by atoms with Crippen molar-refractivity contribution in [3.8, 4) is 0 Å². The van der Waals surface area contributed by atoms with Crippen LogP contribution in [0.5, 0.6) is 0 Å². The van der Waals surface area contributed by atoms with Gasteiger partial charge in [-0.3, -0.25) is 4.79 Å². The third-order valence-corrected chi connectivity index (χ3v) is 4.29. The molecule has 0 bridgehead atoms. The van der Waals surface area contributed by atoms with Gasteiger partial charge in [-0.1, -0.05) is 25.2 Å². The Morgan fingerprint density at radius 1 is 1.50 bits per heavy atom. The molecule has 1 aromatic rings. The van der Waals surface area contributed by atoms with Crippen LogP contribution < -0.4 is 4.90 Å². The summed E-state index contributed by atoms with van der Waals surface area (Å²) >= 11 is 1.55. The van der Waals surface area contributed by atoms with E-state index in [2.05, 4.69) is 23.7 Å². The minimum atomic E-state index is 0.382. The van der Waals surface area contributed by atoms with Gasteiger partial charge in [0, 0.05) is 13.1 Å². The zero-order valence-corrected chi connectivity index (χ0v) is 10.7. The highest BCUT2D eigenvalue weighted by Crippen LogP contribution is 2.32. The maximum atomic E-state index is 11.0. The van der Waals surface area contributed by atoms with Gasteiger partial charge in [0.25, 0.3) is 0 Å². The van der Waals surface area contributed by atoms with Crippen LogP contribution >= 0.6 is 11.3 Å². The second-order valence-corrected chi connectivity index (χ2v) is 5.38. The Hall–Kier alpha value is -0.900. The molecule has 1 saturated heterocycles. The van der Waals surface area contributed by atoms with E-state index < -0.39 is 0 Å². The van der Waals surface area contributed by atoms with Crippen LogP contribution in [-0.2, 0) is 0 Å². The molecular weight excluding hydrogens is 220 g/mol. The number of hydrogen-bond donors (Lipinski definition) is 0. The normalized spacial score (nSPS) is 17.8. The van der Waals surface area contributed by atoms with Gasteiger partial charge in [-0.25, -0.2) is 4.98 Å². The van der Waals surface area contributed by atoms with Crippen molar-refractivity contribution in [2.24, 2.45) is 0 Å². The number of rotatable bonds is 4. The number of aromatic nitrogens is 1. The molecule has 0 amide bonds. The Morgan fingerprint density at radius 3 is 2.75 bits per heavy atom. The summed E-state index contributed by atoms with van der Waals surface area (Å²) in [7, 11) is 0. The summed E-state index contributed by atoms with van der Waals surface area (Å²) in [5.41, 5.74) is 0.990. The third-order valence-electron chi connectivity index (χ3n) is 3.23.